The van der Waals surface area contributed by atoms with Gasteiger partial charge in [-0.05, 0) is 155 Å². The highest BCUT2D eigenvalue weighted by atomic mass is 15.5. The monoisotopic (exact) mass is 874 g/mol. The molecule has 0 amide bonds. The van der Waals surface area contributed by atoms with Gasteiger partial charge >= 0.3 is 0 Å². The second kappa shape index (κ2) is 17.5. The summed E-state index contributed by atoms with van der Waals surface area (Å²) >= 11 is 0. The summed E-state index contributed by atoms with van der Waals surface area (Å²) in [5.41, 5.74) is 18.7. The molecule has 68 heavy (non-hydrogen) atoms. The van der Waals surface area contributed by atoms with Crippen molar-refractivity contribution < 1.29 is 0 Å². The fourth-order valence-electron chi connectivity index (χ4n) is 8.79. The smallest absolute Gasteiger partial charge is 0.113 e. The van der Waals surface area contributed by atoms with Gasteiger partial charge in [0.25, 0.3) is 0 Å². The summed E-state index contributed by atoms with van der Waals surface area (Å²) < 4.78 is 0. The Morgan fingerprint density at radius 3 is 0.676 bits per heavy atom. The minimum absolute atomic E-state index is 0.871. The standard InChI is InChI=1S/C60H42N8/c1-3-11-49(12-4-1)65(53-35-39-55(40-36-53)67-61-57-15-7-8-16-58(57)62-67)51-31-27-47(28-32-51)45-23-19-43(20-24-45)44-21-25-46(26-22-44)48-29-33-52(34-30-48)66(50-13-5-2-6-14-50)54-37-41-56(42-38-54)68-63-59-17-9-10-18-60(59)64-68/h1-42H. The van der Waals surface area contributed by atoms with Crippen LogP contribution in [0.3, 0.4) is 0 Å². The molecule has 0 unspecified atom stereocenters. The number of rotatable bonds is 11. The third-order valence-electron chi connectivity index (χ3n) is 12.3. The Labute approximate surface area is 393 Å². The van der Waals surface area contributed by atoms with Gasteiger partial charge in [0, 0.05) is 34.1 Å². The van der Waals surface area contributed by atoms with E-state index in [2.05, 4.69) is 224 Å². The van der Waals surface area contributed by atoms with Gasteiger partial charge in [0.15, 0.2) is 0 Å². The van der Waals surface area contributed by atoms with E-state index in [1.165, 1.54) is 11.1 Å². The van der Waals surface area contributed by atoms with Crippen LogP contribution in [0.2, 0.25) is 0 Å². The van der Waals surface area contributed by atoms with Crippen molar-refractivity contribution in [2.45, 2.75) is 0 Å². The summed E-state index contributed by atoms with van der Waals surface area (Å²) in [4.78, 5) is 7.93. The van der Waals surface area contributed by atoms with E-state index in [-0.39, 0.29) is 0 Å². The van der Waals surface area contributed by atoms with Gasteiger partial charge in [-0.2, -0.15) is 9.59 Å². The van der Waals surface area contributed by atoms with Crippen molar-refractivity contribution in [3.05, 3.63) is 255 Å². The van der Waals surface area contributed by atoms with Crippen molar-refractivity contribution in [3.8, 4) is 44.8 Å². The predicted octanol–water partition coefficient (Wildman–Crippen LogP) is 15.1. The first-order chi connectivity index (χ1) is 33.7. The third-order valence-corrected chi connectivity index (χ3v) is 12.3. The van der Waals surface area contributed by atoms with Gasteiger partial charge in [0.2, 0.25) is 0 Å². The van der Waals surface area contributed by atoms with Gasteiger partial charge in [0.05, 0.1) is 11.4 Å². The van der Waals surface area contributed by atoms with Crippen molar-refractivity contribution in [2.24, 2.45) is 0 Å². The number of nitrogens with zero attached hydrogens (tertiary/aromatic N) is 8. The first-order valence-corrected chi connectivity index (χ1v) is 22.6. The molecule has 10 aromatic carbocycles. The highest BCUT2D eigenvalue weighted by Crippen LogP contribution is 2.38. The molecule has 0 aliphatic carbocycles. The van der Waals surface area contributed by atoms with Crippen molar-refractivity contribution >= 4 is 56.2 Å². The largest absolute Gasteiger partial charge is 0.311 e. The van der Waals surface area contributed by atoms with Crippen LogP contribution < -0.4 is 9.80 Å². The van der Waals surface area contributed by atoms with Crippen LogP contribution in [0.5, 0.6) is 0 Å². The molecular weight excluding hydrogens is 833 g/mol. The average Bonchev–Trinajstić information content (AvgIpc) is 4.06. The van der Waals surface area contributed by atoms with E-state index in [0.29, 0.717) is 0 Å². The number of hydrogen-bond donors (Lipinski definition) is 0. The predicted molar refractivity (Wildman–Crippen MR) is 277 cm³/mol. The molecule has 0 bridgehead atoms. The van der Waals surface area contributed by atoms with Crippen LogP contribution in [0.4, 0.5) is 34.1 Å². The Kier molecular flexibility index (Phi) is 10.3. The first-order valence-electron chi connectivity index (χ1n) is 22.6. The first kappa shape index (κ1) is 40.1. The molecule has 322 valence electrons. The molecule has 0 N–H and O–H groups in total. The molecule has 0 atom stereocenters. The molecule has 0 spiro atoms. The third kappa shape index (κ3) is 7.92. The summed E-state index contributed by atoms with van der Waals surface area (Å²) in [6, 6.07) is 88.7. The molecule has 0 aliphatic rings. The van der Waals surface area contributed by atoms with Crippen LogP contribution in [0.1, 0.15) is 0 Å². The van der Waals surface area contributed by atoms with E-state index < -0.39 is 0 Å². The summed E-state index contributed by atoms with van der Waals surface area (Å²) in [5.74, 6) is 0. The Morgan fingerprint density at radius 2 is 0.412 bits per heavy atom. The molecule has 0 radical (unpaired) electrons. The second-order valence-electron chi connectivity index (χ2n) is 16.6. The molecular formula is C60H42N8. The molecule has 0 fully saturated rings. The molecule has 2 aromatic heterocycles. The molecule has 12 aromatic rings. The normalized spacial score (nSPS) is 11.2. The average molecular weight is 875 g/mol. The molecule has 0 saturated carbocycles. The summed E-state index contributed by atoms with van der Waals surface area (Å²) in [7, 11) is 0. The number of aromatic nitrogens is 6. The number of anilines is 6. The van der Waals surface area contributed by atoms with Gasteiger partial charge in [-0.15, -0.1) is 20.4 Å². The minimum Gasteiger partial charge on any atom is -0.311 e. The lowest BCUT2D eigenvalue weighted by Gasteiger charge is -2.25. The van der Waals surface area contributed by atoms with Crippen LogP contribution in [0, 0.1) is 0 Å². The maximum atomic E-state index is 4.67. The lowest BCUT2D eigenvalue weighted by atomic mass is 9.98. The molecule has 0 saturated heterocycles. The number of para-hydroxylation sites is 2. The highest BCUT2D eigenvalue weighted by Gasteiger charge is 2.16. The number of fused-ring (bicyclic) bond motifs is 2. The van der Waals surface area contributed by atoms with Crippen LogP contribution in [0.15, 0.2) is 255 Å². The Balaban J connectivity index is 0.745. The summed E-state index contributed by atoms with van der Waals surface area (Å²) in [6.45, 7) is 0. The second-order valence-corrected chi connectivity index (χ2v) is 16.6. The quantitative estimate of drug-likeness (QED) is 0.129. The van der Waals surface area contributed by atoms with Crippen LogP contribution >= 0.6 is 0 Å². The van der Waals surface area contributed by atoms with Crippen molar-refractivity contribution in [2.75, 3.05) is 9.80 Å². The highest BCUT2D eigenvalue weighted by molar-refractivity contribution is 5.82. The zero-order valence-corrected chi connectivity index (χ0v) is 36.8. The van der Waals surface area contributed by atoms with Crippen molar-refractivity contribution in [1.29, 1.82) is 0 Å². The van der Waals surface area contributed by atoms with Gasteiger partial charge in [-0.3, -0.25) is 0 Å². The Bertz CT molecular complexity index is 3310. The number of hydrogen-bond acceptors (Lipinski definition) is 6. The van der Waals surface area contributed by atoms with E-state index in [1.807, 2.05) is 60.7 Å². The zero-order chi connectivity index (χ0) is 45.2. The summed E-state index contributed by atoms with van der Waals surface area (Å²) in [6.07, 6.45) is 0. The minimum atomic E-state index is 0.871. The van der Waals surface area contributed by atoms with E-state index in [1.54, 1.807) is 9.59 Å². The Hall–Kier alpha value is -9.40. The van der Waals surface area contributed by atoms with Gasteiger partial charge < -0.3 is 9.80 Å². The van der Waals surface area contributed by atoms with Crippen LogP contribution in [0.25, 0.3) is 66.8 Å². The maximum Gasteiger partial charge on any atom is 0.113 e. The molecule has 8 heteroatoms. The maximum absolute atomic E-state index is 4.67. The molecule has 8 nitrogen and oxygen atoms in total. The lowest BCUT2D eigenvalue weighted by molar-refractivity contribution is 0.765. The Morgan fingerprint density at radius 1 is 0.206 bits per heavy atom. The van der Waals surface area contributed by atoms with E-state index in [9.17, 15) is 0 Å². The van der Waals surface area contributed by atoms with Gasteiger partial charge in [-0.1, -0.05) is 133 Å². The van der Waals surface area contributed by atoms with Gasteiger partial charge in [-0.25, -0.2) is 0 Å². The molecule has 12 rings (SSSR count). The van der Waals surface area contributed by atoms with E-state index in [4.69, 9.17) is 0 Å². The fraction of sp³-hybridized carbons (Fsp3) is 0. The van der Waals surface area contributed by atoms with Crippen LogP contribution in [-0.4, -0.2) is 30.0 Å². The van der Waals surface area contributed by atoms with E-state index in [0.717, 1.165) is 89.8 Å². The SMILES string of the molecule is c1ccc(N(c2ccc(-c3ccc(-c4ccc(-c5ccc(N(c6ccccc6)c6ccc(-n7nc8ccccc8n7)cc6)cc5)cc4)cc3)cc2)c2ccc(-n3nc4ccccc4n3)cc2)cc1. The van der Waals surface area contributed by atoms with Crippen molar-refractivity contribution in [3.63, 3.8) is 0 Å². The number of benzene rings is 10. The molecule has 2 heterocycles. The summed E-state index contributed by atoms with van der Waals surface area (Å²) in [5, 5.41) is 18.7. The van der Waals surface area contributed by atoms with Gasteiger partial charge in [0.1, 0.15) is 22.1 Å². The lowest BCUT2D eigenvalue weighted by Crippen LogP contribution is -2.10. The topological polar surface area (TPSA) is 67.9 Å². The van der Waals surface area contributed by atoms with E-state index >= 15 is 0 Å². The zero-order valence-electron chi connectivity index (χ0n) is 36.8. The molecule has 0 aliphatic heterocycles. The van der Waals surface area contributed by atoms with Crippen LogP contribution in [-0.2, 0) is 0 Å². The fourth-order valence-corrected chi connectivity index (χ4v) is 8.79. The van der Waals surface area contributed by atoms with Crippen molar-refractivity contribution in [1.82, 2.24) is 30.0 Å².